The van der Waals surface area contributed by atoms with E-state index in [0.29, 0.717) is 124 Å². The van der Waals surface area contributed by atoms with Crippen molar-refractivity contribution in [2.45, 2.75) is 322 Å². The molecule has 7 unspecified atom stereocenters. The molecule has 0 aliphatic rings. The van der Waals surface area contributed by atoms with Crippen LogP contribution in [0.2, 0.25) is 0 Å². The molecular formula is C64H133N6O6P3S6. The van der Waals surface area contributed by atoms with E-state index in [1.54, 1.807) is 0 Å². The van der Waals surface area contributed by atoms with Crippen LogP contribution in [0.4, 0.5) is 0 Å². The maximum atomic E-state index is 13.1. The zero-order valence-electron chi connectivity index (χ0n) is 60.0. The van der Waals surface area contributed by atoms with Crippen molar-refractivity contribution in [3.63, 3.8) is 0 Å². The lowest BCUT2D eigenvalue weighted by Crippen LogP contribution is -2.45. The van der Waals surface area contributed by atoms with Gasteiger partial charge in [0.2, 0.25) is 0 Å². The minimum atomic E-state index is -0.833. The molecule has 0 spiro atoms. The van der Waals surface area contributed by atoms with E-state index in [9.17, 15) is 14.4 Å². The van der Waals surface area contributed by atoms with Crippen LogP contribution in [0, 0.1) is 11.3 Å². The van der Waals surface area contributed by atoms with Gasteiger partial charge in [0.15, 0.2) is 15.3 Å². The Morgan fingerprint density at radius 2 is 0.659 bits per heavy atom. The quantitative estimate of drug-likeness (QED) is 0.0427. The molecule has 0 radical (unpaired) electrons. The highest BCUT2D eigenvalue weighted by atomic mass is 32.7. The van der Waals surface area contributed by atoms with Crippen molar-refractivity contribution in [2.24, 2.45) is 11.3 Å². The predicted octanol–water partition coefficient (Wildman–Crippen LogP) is 19.6. The molecule has 21 heteroatoms. The van der Waals surface area contributed by atoms with Crippen LogP contribution in [-0.4, -0.2) is 188 Å². The van der Waals surface area contributed by atoms with Crippen LogP contribution in [0.15, 0.2) is 0 Å². The number of carbonyl (C=O) groups is 3. The Bertz CT molecular complexity index is 1800. The summed E-state index contributed by atoms with van der Waals surface area (Å²) in [5.41, 5.74) is -0.400. The Labute approximate surface area is 555 Å². The second-order valence-corrected chi connectivity index (χ2v) is 44.0. The summed E-state index contributed by atoms with van der Waals surface area (Å²) in [6, 6.07) is 4.37. The van der Waals surface area contributed by atoms with Crippen LogP contribution in [0.5, 0.6) is 0 Å². The summed E-state index contributed by atoms with van der Waals surface area (Å²) in [5, 5.41) is 0.655. The monoisotopic (exact) mass is 1370 g/mol. The number of carbonyl (C=O) groups excluding carboxylic acids is 3. The van der Waals surface area contributed by atoms with E-state index >= 15 is 0 Å². The van der Waals surface area contributed by atoms with E-state index < -0.39 is 27.7 Å². The molecule has 506 valence electrons. The molecule has 0 bridgehead atoms. The molecule has 7 atom stereocenters. The number of hydrogen-bond donors (Lipinski definition) is 0. The molecule has 0 amide bonds. The lowest BCUT2D eigenvalue weighted by atomic mass is 9.99. The third-order valence-corrected chi connectivity index (χ3v) is 34.3. The van der Waals surface area contributed by atoms with E-state index in [2.05, 4.69) is 228 Å². The van der Waals surface area contributed by atoms with Gasteiger partial charge in [0, 0.05) is 123 Å². The van der Waals surface area contributed by atoms with Crippen molar-refractivity contribution in [1.29, 1.82) is 0 Å². The number of nitrogens with zero attached hydrogens (tertiary/aromatic N) is 6. The average Bonchev–Trinajstić information content (AvgIpc) is 3.06. The normalized spacial score (nSPS) is 16.1. The van der Waals surface area contributed by atoms with E-state index in [1.807, 2.05) is 41.5 Å². The molecule has 12 nitrogen and oxygen atoms in total. The predicted molar refractivity (Wildman–Crippen MR) is 394 cm³/mol. The van der Waals surface area contributed by atoms with Crippen LogP contribution >= 0.6 is 91.7 Å². The van der Waals surface area contributed by atoms with Crippen molar-refractivity contribution in [3.8, 4) is 0 Å². The minimum Gasteiger partial charge on any atom is -0.380 e. The zero-order valence-corrected chi connectivity index (χ0v) is 67.6. The summed E-state index contributed by atoms with van der Waals surface area (Å²) in [5.74, 6) is 3.44. The summed E-state index contributed by atoms with van der Waals surface area (Å²) in [6.45, 7) is 72.0. The number of thioether (sulfide) groups is 3. The Hall–Kier alpha value is 2.04. The van der Waals surface area contributed by atoms with Gasteiger partial charge < -0.3 is 14.2 Å². The molecule has 0 saturated carbocycles. The lowest BCUT2D eigenvalue weighted by Gasteiger charge is -2.49. The van der Waals surface area contributed by atoms with Gasteiger partial charge in [0.25, 0.3) is 0 Å². The highest BCUT2D eigenvalue weighted by molar-refractivity contribution is 8.55. The van der Waals surface area contributed by atoms with E-state index in [0.717, 1.165) is 42.9 Å². The highest BCUT2D eigenvalue weighted by Crippen LogP contribution is 2.63. The molecule has 0 fully saturated rings. The Morgan fingerprint density at radius 3 is 0.929 bits per heavy atom. The van der Waals surface area contributed by atoms with Gasteiger partial charge in [-0.2, -0.15) is 0 Å². The van der Waals surface area contributed by atoms with E-state index in [1.165, 1.54) is 35.3 Å². The first kappa shape index (κ1) is 87.0. The Morgan fingerprint density at radius 1 is 0.388 bits per heavy atom. The fourth-order valence-corrected chi connectivity index (χ4v) is 31.4. The molecule has 0 N–H and O–H groups in total. The van der Waals surface area contributed by atoms with Crippen molar-refractivity contribution in [3.05, 3.63) is 0 Å². The second kappa shape index (κ2) is 43.9. The van der Waals surface area contributed by atoms with Crippen molar-refractivity contribution < 1.29 is 28.6 Å². The molecule has 0 heterocycles. The van der Waals surface area contributed by atoms with Gasteiger partial charge in [-0.3, -0.25) is 42.4 Å². The van der Waals surface area contributed by atoms with E-state index in [-0.39, 0.29) is 30.8 Å². The standard InChI is InChI=1S/C64H133N6O6P3S6/c1-31-59(71)84-63(27,28)44-75-38-42-82-78(66(49(8)9)50(10)11)68(52(14)15)56(21)33-35-58(23)70(54(18)19)79(83-43-39-76-45-64(29,30)85-61(73)62(24,25)26)69(53(16)17)57(22)34-32-55(20)67(51(12)13)77(65(47(4)5)48(6)7)81-41-37-74-36-40-80-60(72)46(2)3/h46-58H,31-45H2,1-30H3. The van der Waals surface area contributed by atoms with E-state index in [4.69, 9.17) is 14.2 Å². The molecule has 85 heavy (non-hydrogen) atoms. The number of rotatable bonds is 47. The first-order valence-corrected chi connectivity index (χ1v) is 43.6. The van der Waals surface area contributed by atoms with Gasteiger partial charge >= 0.3 is 0 Å². The van der Waals surface area contributed by atoms with Gasteiger partial charge in [0.1, 0.15) is 22.3 Å². The van der Waals surface area contributed by atoms with Crippen LogP contribution < -0.4 is 0 Å². The molecule has 0 aromatic rings. The molecule has 0 aromatic carbocycles. The van der Waals surface area contributed by atoms with Gasteiger partial charge in [-0.1, -0.05) is 111 Å². The summed E-state index contributed by atoms with van der Waals surface area (Å²) in [6.07, 6.45) is 4.89. The summed E-state index contributed by atoms with van der Waals surface area (Å²) in [4.78, 5) is 37.7. The molecular weight excluding hydrogens is 1230 g/mol. The summed E-state index contributed by atoms with van der Waals surface area (Å²) in [7, 11) is -2.25. The Balaban J connectivity index is 7.14. The van der Waals surface area contributed by atoms with Crippen molar-refractivity contribution in [2.75, 3.05) is 62.7 Å². The van der Waals surface area contributed by atoms with Crippen LogP contribution in [0.3, 0.4) is 0 Å². The first-order chi connectivity index (χ1) is 39.2. The van der Waals surface area contributed by atoms with Gasteiger partial charge in [0.05, 0.1) is 39.6 Å². The zero-order chi connectivity index (χ0) is 65.9. The lowest BCUT2D eigenvalue weighted by molar-refractivity contribution is -0.117. The number of hydrogen-bond acceptors (Lipinski definition) is 18. The second-order valence-electron chi connectivity index (χ2n) is 27.9. The van der Waals surface area contributed by atoms with Crippen LogP contribution in [-0.2, 0) is 28.6 Å². The summed E-state index contributed by atoms with van der Waals surface area (Å²) >= 11 is 10.5. The molecule has 0 rings (SSSR count). The third-order valence-electron chi connectivity index (χ3n) is 14.0. The smallest absolute Gasteiger partial charge is 0.194 e. The number of ether oxygens (including phenoxy) is 3. The third kappa shape index (κ3) is 33.8. The minimum absolute atomic E-state index is 0.0444. The van der Waals surface area contributed by atoms with Gasteiger partial charge in [-0.05, 0) is 192 Å². The first-order valence-electron chi connectivity index (χ1n) is 32.5. The molecule has 0 aliphatic heterocycles. The largest absolute Gasteiger partial charge is 0.380 e. The van der Waals surface area contributed by atoms with Crippen molar-refractivity contribution in [1.82, 2.24) is 28.0 Å². The molecule has 0 aliphatic carbocycles. The maximum absolute atomic E-state index is 13.1. The fourth-order valence-electron chi connectivity index (χ4n) is 10.2. The van der Waals surface area contributed by atoms with Crippen LogP contribution in [0.25, 0.3) is 0 Å². The van der Waals surface area contributed by atoms with Crippen LogP contribution in [0.1, 0.15) is 240 Å². The topological polar surface area (TPSA) is 98.3 Å². The SMILES string of the molecule is CCC(=O)SC(C)(C)COCCSP(N(C(C)C)C(C)C)N(C(C)C)C(C)CCC(C)N(C(C)C)P(SCCOCC(C)(C)SC(=O)C(C)(C)C)N(C(C)C)C(C)CCC(C)N(C(C)C)P(SCCOCCSC(=O)C(C)C)N(C(C)C)C(C)C. The molecule has 0 aromatic heterocycles. The summed E-state index contributed by atoms with van der Waals surface area (Å²) < 4.78 is 35.4. The fraction of sp³-hybridized carbons (Fsp3) is 0.953. The average molecular weight is 1370 g/mol. The molecule has 0 saturated heterocycles. The maximum Gasteiger partial charge on any atom is 0.194 e. The Kier molecular flexibility index (Phi) is 45.0. The van der Waals surface area contributed by atoms with Crippen molar-refractivity contribution >= 4 is 107 Å². The highest BCUT2D eigenvalue weighted by Gasteiger charge is 2.40. The van der Waals surface area contributed by atoms with Gasteiger partial charge in [-0.25, -0.2) is 0 Å². The van der Waals surface area contributed by atoms with Gasteiger partial charge in [-0.15, -0.1) is 0 Å².